The van der Waals surface area contributed by atoms with Gasteiger partial charge in [0, 0.05) is 31.9 Å². The van der Waals surface area contributed by atoms with Crippen molar-refractivity contribution in [1.82, 2.24) is 9.78 Å². The van der Waals surface area contributed by atoms with E-state index in [1.807, 2.05) is 17.9 Å². The van der Waals surface area contributed by atoms with Gasteiger partial charge in [0.15, 0.2) is 0 Å². The van der Waals surface area contributed by atoms with Crippen molar-refractivity contribution in [2.75, 3.05) is 11.9 Å². The van der Waals surface area contributed by atoms with Crippen LogP contribution in [0, 0.1) is 0 Å². The summed E-state index contributed by atoms with van der Waals surface area (Å²) in [7, 11) is 1.96. The van der Waals surface area contributed by atoms with Crippen molar-refractivity contribution in [3.05, 3.63) is 47.3 Å². The van der Waals surface area contributed by atoms with Gasteiger partial charge < -0.3 is 5.32 Å². The Morgan fingerprint density at radius 1 is 1.41 bits per heavy atom. The second-order valence-electron chi connectivity index (χ2n) is 4.68. The summed E-state index contributed by atoms with van der Waals surface area (Å²) in [5, 5.41) is 7.75. The van der Waals surface area contributed by atoms with Crippen molar-refractivity contribution < 1.29 is 0 Å². The average molecular weight is 227 g/mol. The number of hydrogen-bond donors (Lipinski definition) is 1. The molecule has 1 aromatic carbocycles. The zero-order chi connectivity index (χ0) is 11.7. The Bertz CT molecular complexity index is 528. The van der Waals surface area contributed by atoms with Gasteiger partial charge in [0.05, 0.1) is 6.20 Å². The van der Waals surface area contributed by atoms with E-state index in [4.69, 9.17) is 0 Å². The first-order chi connectivity index (χ1) is 8.33. The lowest BCUT2D eigenvalue weighted by Crippen LogP contribution is -2.13. The number of nitrogens with one attached hydrogen (secondary N) is 1. The van der Waals surface area contributed by atoms with Gasteiger partial charge in [-0.25, -0.2) is 0 Å². The molecule has 1 aliphatic rings. The molecule has 88 valence electrons. The Kier molecular flexibility index (Phi) is 2.59. The molecule has 0 aliphatic carbocycles. The zero-order valence-electron chi connectivity index (χ0n) is 10.1. The van der Waals surface area contributed by atoms with Crippen LogP contribution in [0.2, 0.25) is 0 Å². The van der Waals surface area contributed by atoms with E-state index in [-0.39, 0.29) is 0 Å². The van der Waals surface area contributed by atoms with Crippen molar-refractivity contribution in [1.29, 1.82) is 0 Å². The number of benzene rings is 1. The minimum absolute atomic E-state index is 0.962. The van der Waals surface area contributed by atoms with Crippen LogP contribution in [0.4, 0.5) is 5.69 Å². The van der Waals surface area contributed by atoms with Gasteiger partial charge in [0.1, 0.15) is 0 Å². The van der Waals surface area contributed by atoms with E-state index in [0.717, 1.165) is 13.0 Å². The summed E-state index contributed by atoms with van der Waals surface area (Å²) < 4.78 is 1.86. The van der Waals surface area contributed by atoms with Gasteiger partial charge in [-0.05, 0) is 29.5 Å². The van der Waals surface area contributed by atoms with E-state index in [2.05, 4.69) is 34.8 Å². The number of nitrogens with zero attached hydrogens (tertiary/aromatic N) is 2. The Hall–Kier alpha value is -1.77. The maximum atomic E-state index is 4.22. The van der Waals surface area contributed by atoms with Crippen molar-refractivity contribution >= 4 is 5.69 Å². The molecule has 0 bridgehead atoms. The van der Waals surface area contributed by atoms with Crippen LogP contribution in [0.5, 0.6) is 0 Å². The van der Waals surface area contributed by atoms with Gasteiger partial charge in [-0.2, -0.15) is 5.10 Å². The van der Waals surface area contributed by atoms with Gasteiger partial charge in [-0.1, -0.05) is 18.2 Å². The molecule has 0 spiro atoms. The molecule has 3 heteroatoms. The molecule has 3 nitrogen and oxygen atoms in total. The monoisotopic (exact) mass is 227 g/mol. The summed E-state index contributed by atoms with van der Waals surface area (Å²) in [5.74, 6) is 0. The highest BCUT2D eigenvalue weighted by Gasteiger charge is 2.12. The Morgan fingerprint density at radius 2 is 2.35 bits per heavy atom. The lowest BCUT2D eigenvalue weighted by atomic mass is 9.96. The van der Waals surface area contributed by atoms with Crippen LogP contribution in [-0.4, -0.2) is 16.3 Å². The Balaban J connectivity index is 1.92. The highest BCUT2D eigenvalue weighted by Crippen LogP contribution is 2.27. The molecule has 0 unspecified atom stereocenters. The molecule has 0 saturated heterocycles. The van der Waals surface area contributed by atoms with E-state index in [1.54, 1.807) is 0 Å². The third-order valence-corrected chi connectivity index (χ3v) is 3.31. The maximum absolute atomic E-state index is 4.22. The summed E-state index contributed by atoms with van der Waals surface area (Å²) in [5.41, 5.74) is 5.46. The van der Waals surface area contributed by atoms with E-state index in [0.29, 0.717) is 0 Å². The van der Waals surface area contributed by atoms with Gasteiger partial charge in [-0.15, -0.1) is 0 Å². The molecular weight excluding hydrogens is 210 g/mol. The topological polar surface area (TPSA) is 29.9 Å². The molecule has 1 N–H and O–H groups in total. The van der Waals surface area contributed by atoms with Gasteiger partial charge >= 0.3 is 0 Å². The molecule has 0 radical (unpaired) electrons. The quantitative estimate of drug-likeness (QED) is 0.853. The highest BCUT2D eigenvalue weighted by molar-refractivity contribution is 5.60. The minimum Gasteiger partial charge on any atom is -0.385 e. The largest absolute Gasteiger partial charge is 0.385 e. The molecule has 2 aromatic rings. The van der Waals surface area contributed by atoms with Gasteiger partial charge in [-0.3, -0.25) is 4.68 Å². The van der Waals surface area contributed by atoms with Crippen LogP contribution in [0.3, 0.4) is 0 Å². The highest BCUT2D eigenvalue weighted by atomic mass is 15.2. The first-order valence-corrected chi connectivity index (χ1v) is 6.15. The predicted molar refractivity (Wildman–Crippen MR) is 69.3 cm³/mol. The molecule has 17 heavy (non-hydrogen) atoms. The van der Waals surface area contributed by atoms with Crippen molar-refractivity contribution in [3.63, 3.8) is 0 Å². The van der Waals surface area contributed by atoms with Crippen LogP contribution >= 0.6 is 0 Å². The first-order valence-electron chi connectivity index (χ1n) is 6.15. The molecule has 1 aliphatic heterocycles. The Labute approximate surface area is 101 Å². The lowest BCUT2D eigenvalue weighted by molar-refractivity contribution is 0.767. The normalized spacial score (nSPS) is 14.2. The number of anilines is 1. The summed E-state index contributed by atoms with van der Waals surface area (Å²) in [6.07, 6.45) is 7.43. The third kappa shape index (κ3) is 2.05. The third-order valence-electron chi connectivity index (χ3n) is 3.31. The summed E-state index contributed by atoms with van der Waals surface area (Å²) in [6, 6.07) is 6.61. The van der Waals surface area contributed by atoms with Crippen LogP contribution in [0.1, 0.15) is 23.1 Å². The number of rotatable bonds is 2. The molecule has 3 rings (SSSR count). The van der Waals surface area contributed by atoms with Crippen LogP contribution < -0.4 is 5.32 Å². The number of aryl methyl sites for hydroxylation is 2. The minimum atomic E-state index is 0.962. The predicted octanol–water partition coefficient (Wildman–Crippen LogP) is 2.37. The van der Waals surface area contributed by atoms with E-state index in [1.165, 1.54) is 35.2 Å². The molecule has 0 amide bonds. The van der Waals surface area contributed by atoms with Crippen molar-refractivity contribution in [2.24, 2.45) is 7.05 Å². The second-order valence-corrected chi connectivity index (χ2v) is 4.68. The second kappa shape index (κ2) is 4.24. The summed E-state index contributed by atoms with van der Waals surface area (Å²) in [6.45, 7) is 1.09. The fourth-order valence-electron chi connectivity index (χ4n) is 2.51. The number of para-hydroxylation sites is 1. The zero-order valence-corrected chi connectivity index (χ0v) is 10.1. The van der Waals surface area contributed by atoms with Gasteiger partial charge in [0.25, 0.3) is 0 Å². The lowest BCUT2D eigenvalue weighted by Gasteiger charge is -2.21. The fourth-order valence-corrected chi connectivity index (χ4v) is 2.51. The first kappa shape index (κ1) is 10.4. The standard InChI is InChI=1S/C14H17N3/c1-17-10-11(9-16-17)8-13-5-2-4-12-6-3-7-15-14(12)13/h2,4-5,9-10,15H,3,6-8H2,1H3. The molecule has 0 atom stereocenters. The fraction of sp³-hybridized carbons (Fsp3) is 0.357. The van der Waals surface area contributed by atoms with E-state index >= 15 is 0 Å². The molecule has 0 fully saturated rings. The van der Waals surface area contributed by atoms with Crippen LogP contribution in [0.15, 0.2) is 30.6 Å². The van der Waals surface area contributed by atoms with Crippen molar-refractivity contribution in [3.8, 4) is 0 Å². The Morgan fingerprint density at radius 3 is 3.18 bits per heavy atom. The number of fused-ring (bicyclic) bond motifs is 1. The smallest absolute Gasteiger partial charge is 0.0525 e. The van der Waals surface area contributed by atoms with E-state index in [9.17, 15) is 0 Å². The number of aromatic nitrogens is 2. The summed E-state index contributed by atoms with van der Waals surface area (Å²) >= 11 is 0. The molecular formula is C14H17N3. The van der Waals surface area contributed by atoms with Crippen LogP contribution in [0.25, 0.3) is 0 Å². The SMILES string of the molecule is Cn1cc(Cc2cccc3c2NCCC3)cn1. The van der Waals surface area contributed by atoms with Crippen LogP contribution in [-0.2, 0) is 19.9 Å². The molecule has 2 heterocycles. The van der Waals surface area contributed by atoms with Gasteiger partial charge in [0.2, 0.25) is 0 Å². The molecule has 0 saturated carbocycles. The van der Waals surface area contributed by atoms with E-state index < -0.39 is 0 Å². The number of hydrogen-bond acceptors (Lipinski definition) is 2. The average Bonchev–Trinajstić information content (AvgIpc) is 2.75. The van der Waals surface area contributed by atoms with Crippen molar-refractivity contribution in [2.45, 2.75) is 19.3 Å². The summed E-state index contributed by atoms with van der Waals surface area (Å²) in [4.78, 5) is 0. The maximum Gasteiger partial charge on any atom is 0.0525 e. The molecule has 1 aromatic heterocycles.